The average molecular weight is 305 g/mol. The van der Waals surface area contributed by atoms with E-state index in [1.165, 1.54) is 18.2 Å². The van der Waals surface area contributed by atoms with E-state index >= 15 is 0 Å². The van der Waals surface area contributed by atoms with Crippen molar-refractivity contribution in [2.24, 2.45) is 5.41 Å². The zero-order valence-electron chi connectivity index (χ0n) is 12.5. The van der Waals surface area contributed by atoms with Crippen LogP contribution in [-0.2, 0) is 4.74 Å². The van der Waals surface area contributed by atoms with Gasteiger partial charge in [0.25, 0.3) is 0 Å². The summed E-state index contributed by atoms with van der Waals surface area (Å²) in [5.74, 6) is 0.455. The van der Waals surface area contributed by atoms with Crippen molar-refractivity contribution in [2.45, 2.75) is 12.8 Å². The molecule has 0 atom stereocenters. The van der Waals surface area contributed by atoms with Crippen molar-refractivity contribution in [2.75, 3.05) is 38.2 Å². The number of carbonyl (C=O) groups is 2. The third kappa shape index (κ3) is 2.58. The molecule has 2 aliphatic rings. The van der Waals surface area contributed by atoms with Gasteiger partial charge in [-0.1, -0.05) is 0 Å². The van der Waals surface area contributed by atoms with Gasteiger partial charge in [-0.15, -0.1) is 0 Å². The van der Waals surface area contributed by atoms with Crippen LogP contribution in [0.15, 0.2) is 18.3 Å². The lowest BCUT2D eigenvalue weighted by atomic mass is 9.72. The number of piperidine rings is 1. The van der Waals surface area contributed by atoms with Crippen LogP contribution in [0.2, 0.25) is 0 Å². The highest BCUT2D eigenvalue weighted by atomic mass is 16.5. The number of likely N-dealkylation sites (tertiary alicyclic amines) is 1. The Labute approximate surface area is 128 Å². The molecule has 3 rings (SSSR count). The second-order valence-electron chi connectivity index (χ2n) is 6.02. The minimum Gasteiger partial charge on any atom is -0.465 e. The fourth-order valence-corrected chi connectivity index (χ4v) is 3.24. The summed E-state index contributed by atoms with van der Waals surface area (Å²) in [6.07, 6.45) is 2.64. The molecule has 1 spiro atoms. The molecule has 7 heteroatoms. The maximum absolute atomic E-state index is 11.4. The maximum Gasteiger partial charge on any atom is 0.407 e. The molecule has 2 fully saturated rings. The Morgan fingerprint density at radius 1 is 1.27 bits per heavy atom. The van der Waals surface area contributed by atoms with Gasteiger partial charge in [-0.25, -0.2) is 14.6 Å². The van der Waals surface area contributed by atoms with Gasteiger partial charge < -0.3 is 19.6 Å². The van der Waals surface area contributed by atoms with Gasteiger partial charge in [0.05, 0.1) is 12.7 Å². The van der Waals surface area contributed by atoms with Crippen molar-refractivity contribution in [3.05, 3.63) is 23.9 Å². The molecular formula is C15H19N3O4. The number of aromatic nitrogens is 1. The summed E-state index contributed by atoms with van der Waals surface area (Å²) >= 11 is 0. The zero-order valence-corrected chi connectivity index (χ0v) is 12.5. The molecule has 2 saturated heterocycles. The van der Waals surface area contributed by atoms with E-state index in [1.54, 1.807) is 6.07 Å². The molecule has 0 bridgehead atoms. The van der Waals surface area contributed by atoms with Crippen molar-refractivity contribution >= 4 is 17.9 Å². The van der Waals surface area contributed by atoms with Gasteiger partial charge >= 0.3 is 12.1 Å². The average Bonchev–Trinajstić information content (AvgIpc) is 2.52. The highest BCUT2D eigenvalue weighted by molar-refractivity contribution is 5.89. The molecule has 1 aromatic rings. The Balaban J connectivity index is 1.58. The summed E-state index contributed by atoms with van der Waals surface area (Å²) in [6.45, 7) is 3.01. The molecule has 0 unspecified atom stereocenters. The first-order valence-corrected chi connectivity index (χ1v) is 7.30. The van der Waals surface area contributed by atoms with E-state index in [1.807, 2.05) is 6.07 Å². The van der Waals surface area contributed by atoms with Gasteiger partial charge in [-0.2, -0.15) is 0 Å². The van der Waals surface area contributed by atoms with Gasteiger partial charge in [0.2, 0.25) is 0 Å². The van der Waals surface area contributed by atoms with E-state index < -0.39 is 6.09 Å². The third-order valence-electron chi connectivity index (χ3n) is 4.64. The van der Waals surface area contributed by atoms with Crippen LogP contribution in [-0.4, -0.2) is 60.3 Å². The molecule has 1 aromatic heterocycles. The van der Waals surface area contributed by atoms with Gasteiger partial charge in [-0.05, 0) is 25.0 Å². The number of carbonyl (C=O) groups excluding carboxylic acids is 1. The van der Waals surface area contributed by atoms with Crippen LogP contribution in [0, 0.1) is 5.41 Å². The second kappa shape index (κ2) is 5.47. The van der Waals surface area contributed by atoms with Crippen LogP contribution in [0.1, 0.15) is 23.2 Å². The monoisotopic (exact) mass is 305 g/mol. The number of rotatable bonds is 2. The Morgan fingerprint density at radius 3 is 2.45 bits per heavy atom. The van der Waals surface area contributed by atoms with E-state index in [0.717, 1.165) is 31.7 Å². The molecule has 0 aromatic carbocycles. The molecule has 22 heavy (non-hydrogen) atoms. The molecule has 118 valence electrons. The summed E-state index contributed by atoms with van der Waals surface area (Å²) in [7, 11) is 1.35. The molecule has 7 nitrogen and oxygen atoms in total. The number of anilines is 1. The van der Waals surface area contributed by atoms with Gasteiger partial charge in [-0.3, -0.25) is 0 Å². The van der Waals surface area contributed by atoms with Gasteiger partial charge in [0.1, 0.15) is 5.82 Å². The standard InChI is InChI=1S/C15H19N3O4/c1-22-13(19)11-2-3-12(16-8-11)17-6-4-15(5-7-17)9-18(10-15)14(20)21/h2-3,8H,4-7,9-10H2,1H3,(H,20,21). The minimum atomic E-state index is -0.826. The van der Waals surface area contributed by atoms with Crippen molar-refractivity contribution in [3.63, 3.8) is 0 Å². The number of amides is 1. The molecule has 1 N–H and O–H groups in total. The quantitative estimate of drug-likeness (QED) is 0.833. The molecule has 0 aliphatic carbocycles. The molecule has 0 saturated carbocycles. The van der Waals surface area contributed by atoms with E-state index in [2.05, 4.69) is 14.6 Å². The lowest BCUT2D eigenvalue weighted by Crippen LogP contribution is -2.61. The van der Waals surface area contributed by atoms with E-state index in [4.69, 9.17) is 5.11 Å². The number of hydrogen-bond donors (Lipinski definition) is 1. The third-order valence-corrected chi connectivity index (χ3v) is 4.64. The minimum absolute atomic E-state index is 0.154. The lowest BCUT2D eigenvalue weighted by Gasteiger charge is -2.53. The van der Waals surface area contributed by atoms with Crippen molar-refractivity contribution in [3.8, 4) is 0 Å². The highest BCUT2D eigenvalue weighted by Crippen LogP contribution is 2.41. The van der Waals surface area contributed by atoms with E-state index in [0.29, 0.717) is 18.7 Å². The van der Waals surface area contributed by atoms with Crippen LogP contribution in [0.5, 0.6) is 0 Å². The number of hydrogen-bond acceptors (Lipinski definition) is 5. The SMILES string of the molecule is COC(=O)c1ccc(N2CCC3(CC2)CN(C(=O)O)C3)nc1. The lowest BCUT2D eigenvalue weighted by molar-refractivity contribution is -0.00644. The predicted octanol–water partition coefficient (Wildman–Crippen LogP) is 1.45. The number of pyridine rings is 1. The number of carboxylic acid groups (broad SMARTS) is 1. The molecular weight excluding hydrogens is 286 g/mol. The molecule has 3 heterocycles. The van der Waals surface area contributed by atoms with Crippen molar-refractivity contribution in [1.82, 2.24) is 9.88 Å². The van der Waals surface area contributed by atoms with Crippen molar-refractivity contribution < 1.29 is 19.4 Å². The van der Waals surface area contributed by atoms with Crippen LogP contribution in [0.25, 0.3) is 0 Å². The molecule has 2 aliphatic heterocycles. The number of nitrogens with zero attached hydrogens (tertiary/aromatic N) is 3. The van der Waals surface area contributed by atoms with Crippen LogP contribution < -0.4 is 4.90 Å². The number of methoxy groups -OCH3 is 1. The predicted molar refractivity (Wildman–Crippen MR) is 79.1 cm³/mol. The van der Waals surface area contributed by atoms with Crippen LogP contribution in [0.4, 0.5) is 10.6 Å². The van der Waals surface area contributed by atoms with Crippen molar-refractivity contribution in [1.29, 1.82) is 0 Å². The summed E-state index contributed by atoms with van der Waals surface area (Å²) in [6, 6.07) is 3.54. The van der Waals surface area contributed by atoms with Gasteiger partial charge in [0.15, 0.2) is 0 Å². The Kier molecular flexibility index (Phi) is 3.64. The zero-order chi connectivity index (χ0) is 15.7. The smallest absolute Gasteiger partial charge is 0.407 e. The first kappa shape index (κ1) is 14.6. The van der Waals surface area contributed by atoms with E-state index in [9.17, 15) is 9.59 Å². The van der Waals surface area contributed by atoms with Crippen LogP contribution in [0.3, 0.4) is 0 Å². The van der Waals surface area contributed by atoms with E-state index in [-0.39, 0.29) is 11.4 Å². The normalized spacial score (nSPS) is 19.7. The Hall–Kier alpha value is -2.31. The topological polar surface area (TPSA) is 83.0 Å². The summed E-state index contributed by atoms with van der Waals surface area (Å²) < 4.78 is 4.66. The maximum atomic E-state index is 11.4. The fourth-order valence-electron chi connectivity index (χ4n) is 3.24. The number of esters is 1. The summed E-state index contributed by atoms with van der Waals surface area (Å²) in [5.41, 5.74) is 0.594. The van der Waals surface area contributed by atoms with Crippen LogP contribution >= 0.6 is 0 Å². The molecule has 0 radical (unpaired) electrons. The highest BCUT2D eigenvalue weighted by Gasteiger charge is 2.46. The Bertz CT molecular complexity index is 571. The first-order chi connectivity index (χ1) is 10.5. The van der Waals surface area contributed by atoms with Gasteiger partial charge in [0, 0.05) is 37.8 Å². The number of ether oxygens (including phenoxy) is 1. The largest absolute Gasteiger partial charge is 0.465 e. The Morgan fingerprint density at radius 2 is 1.95 bits per heavy atom. The first-order valence-electron chi connectivity index (χ1n) is 7.30. The fraction of sp³-hybridized carbons (Fsp3) is 0.533. The molecule has 1 amide bonds. The summed E-state index contributed by atoms with van der Waals surface area (Å²) in [4.78, 5) is 30.2. The summed E-state index contributed by atoms with van der Waals surface area (Å²) in [5, 5.41) is 8.94. The second-order valence-corrected chi connectivity index (χ2v) is 6.02.